The molecule has 108 valence electrons. The van der Waals surface area contributed by atoms with Crippen LogP contribution in [-0.4, -0.2) is 6.54 Å². The van der Waals surface area contributed by atoms with Crippen LogP contribution in [0, 0.1) is 5.92 Å². The summed E-state index contributed by atoms with van der Waals surface area (Å²) in [6.45, 7) is 9.03. The molecule has 0 aliphatic carbocycles. The maximum Gasteiger partial charge on any atom is 0.0208 e. The largest absolute Gasteiger partial charge is 0.313 e. The number of hydrogen-bond acceptors (Lipinski definition) is 1. The van der Waals surface area contributed by atoms with Gasteiger partial charge in [0.05, 0.1) is 0 Å². The molecular formula is C18H31N. The lowest BCUT2D eigenvalue weighted by molar-refractivity contribution is 0.512. The first-order valence-electron chi connectivity index (χ1n) is 8.01. The lowest BCUT2D eigenvalue weighted by Crippen LogP contribution is -2.15. The molecule has 1 nitrogen and oxygen atoms in total. The molecule has 0 unspecified atom stereocenters. The van der Waals surface area contributed by atoms with Gasteiger partial charge in [-0.3, -0.25) is 0 Å². The monoisotopic (exact) mass is 261 g/mol. The highest BCUT2D eigenvalue weighted by Crippen LogP contribution is 2.10. The zero-order valence-corrected chi connectivity index (χ0v) is 13.0. The number of aryl methyl sites for hydroxylation is 1. The zero-order chi connectivity index (χ0) is 13.9. The standard InChI is InChI=1S/C18H31N/c1-4-17-12-8-9-13-18(17)15-19-14-10-6-5-7-11-16(2)3/h8-9,12-13,16,19H,4-7,10-11,14-15H2,1-3H3. The fourth-order valence-corrected chi connectivity index (χ4v) is 2.45. The van der Waals surface area contributed by atoms with Gasteiger partial charge in [0.25, 0.3) is 0 Å². The molecule has 0 atom stereocenters. The van der Waals surface area contributed by atoms with Crippen LogP contribution >= 0.6 is 0 Å². The molecule has 1 N–H and O–H groups in total. The number of benzene rings is 1. The minimum absolute atomic E-state index is 0.865. The fraction of sp³-hybridized carbons (Fsp3) is 0.667. The third kappa shape index (κ3) is 7.37. The van der Waals surface area contributed by atoms with E-state index in [-0.39, 0.29) is 0 Å². The Morgan fingerprint density at radius 3 is 2.32 bits per heavy atom. The summed E-state index contributed by atoms with van der Waals surface area (Å²) < 4.78 is 0. The summed E-state index contributed by atoms with van der Waals surface area (Å²) in [5, 5.41) is 3.58. The molecule has 0 radical (unpaired) electrons. The molecule has 0 fully saturated rings. The molecule has 0 aliphatic rings. The van der Waals surface area contributed by atoms with Crippen LogP contribution in [0.4, 0.5) is 0 Å². The van der Waals surface area contributed by atoms with Gasteiger partial charge in [0.1, 0.15) is 0 Å². The van der Waals surface area contributed by atoms with Crippen molar-refractivity contribution in [2.75, 3.05) is 6.54 Å². The predicted octanol–water partition coefficient (Wildman–Crippen LogP) is 4.95. The van der Waals surface area contributed by atoms with E-state index in [4.69, 9.17) is 0 Å². The van der Waals surface area contributed by atoms with Gasteiger partial charge in [0.15, 0.2) is 0 Å². The third-order valence-electron chi connectivity index (χ3n) is 3.70. The van der Waals surface area contributed by atoms with E-state index in [2.05, 4.69) is 50.4 Å². The zero-order valence-electron chi connectivity index (χ0n) is 13.0. The number of rotatable bonds is 10. The van der Waals surface area contributed by atoms with E-state index in [1.807, 2.05) is 0 Å². The Balaban J connectivity index is 2.04. The van der Waals surface area contributed by atoms with Crippen LogP contribution in [0.5, 0.6) is 0 Å². The van der Waals surface area contributed by atoms with Crippen molar-refractivity contribution in [3.8, 4) is 0 Å². The van der Waals surface area contributed by atoms with E-state index in [0.29, 0.717) is 0 Å². The van der Waals surface area contributed by atoms with Crippen molar-refractivity contribution >= 4 is 0 Å². The summed E-state index contributed by atoms with van der Waals surface area (Å²) in [6, 6.07) is 8.76. The molecule has 0 heterocycles. The van der Waals surface area contributed by atoms with Crippen LogP contribution in [0.15, 0.2) is 24.3 Å². The summed E-state index contributed by atoms with van der Waals surface area (Å²) in [5.74, 6) is 0.865. The molecule has 0 saturated carbocycles. The van der Waals surface area contributed by atoms with Gasteiger partial charge in [-0.15, -0.1) is 0 Å². The summed E-state index contributed by atoms with van der Waals surface area (Å²) in [4.78, 5) is 0. The minimum Gasteiger partial charge on any atom is -0.313 e. The highest BCUT2D eigenvalue weighted by molar-refractivity contribution is 5.26. The van der Waals surface area contributed by atoms with E-state index in [1.165, 1.54) is 43.2 Å². The Morgan fingerprint density at radius 2 is 1.63 bits per heavy atom. The molecular weight excluding hydrogens is 230 g/mol. The Labute approximate surface area is 119 Å². The average molecular weight is 261 g/mol. The summed E-state index contributed by atoms with van der Waals surface area (Å²) in [5.41, 5.74) is 2.94. The maximum atomic E-state index is 3.58. The smallest absolute Gasteiger partial charge is 0.0208 e. The molecule has 0 aromatic heterocycles. The highest BCUT2D eigenvalue weighted by atomic mass is 14.8. The van der Waals surface area contributed by atoms with Crippen molar-refractivity contribution < 1.29 is 0 Å². The van der Waals surface area contributed by atoms with Crippen LogP contribution < -0.4 is 5.32 Å². The average Bonchev–Trinajstić information content (AvgIpc) is 2.42. The minimum atomic E-state index is 0.865. The summed E-state index contributed by atoms with van der Waals surface area (Å²) >= 11 is 0. The highest BCUT2D eigenvalue weighted by Gasteiger charge is 1.99. The summed E-state index contributed by atoms with van der Waals surface area (Å²) in [6.07, 6.45) is 7.99. The Morgan fingerprint density at radius 1 is 0.947 bits per heavy atom. The van der Waals surface area contributed by atoms with Gasteiger partial charge in [0, 0.05) is 6.54 Å². The molecule has 1 aromatic rings. The van der Waals surface area contributed by atoms with Gasteiger partial charge in [-0.1, -0.05) is 70.7 Å². The second-order valence-electron chi connectivity index (χ2n) is 5.90. The molecule has 0 aliphatic heterocycles. The van der Waals surface area contributed by atoms with Crippen LogP contribution in [0.1, 0.15) is 64.0 Å². The Hall–Kier alpha value is -0.820. The van der Waals surface area contributed by atoms with Crippen LogP contribution in [0.3, 0.4) is 0 Å². The molecule has 0 amide bonds. The van der Waals surface area contributed by atoms with Gasteiger partial charge in [-0.2, -0.15) is 0 Å². The molecule has 1 rings (SSSR count). The topological polar surface area (TPSA) is 12.0 Å². The van der Waals surface area contributed by atoms with Gasteiger partial charge in [-0.25, -0.2) is 0 Å². The second kappa shape index (κ2) is 10.0. The second-order valence-corrected chi connectivity index (χ2v) is 5.90. The first-order chi connectivity index (χ1) is 9.24. The van der Waals surface area contributed by atoms with E-state index in [1.54, 1.807) is 0 Å². The van der Waals surface area contributed by atoms with E-state index in [9.17, 15) is 0 Å². The fourth-order valence-electron chi connectivity index (χ4n) is 2.45. The lowest BCUT2D eigenvalue weighted by atomic mass is 10.0. The first kappa shape index (κ1) is 16.2. The van der Waals surface area contributed by atoms with Crippen molar-refractivity contribution in [1.82, 2.24) is 5.32 Å². The molecule has 0 saturated heterocycles. The SMILES string of the molecule is CCc1ccccc1CNCCCCCCC(C)C. The quantitative estimate of drug-likeness (QED) is 0.588. The molecule has 0 bridgehead atoms. The van der Waals surface area contributed by atoms with Crippen molar-refractivity contribution in [1.29, 1.82) is 0 Å². The lowest BCUT2D eigenvalue weighted by Gasteiger charge is -2.09. The third-order valence-corrected chi connectivity index (χ3v) is 3.70. The van der Waals surface area contributed by atoms with Crippen molar-refractivity contribution in [3.63, 3.8) is 0 Å². The maximum absolute atomic E-state index is 3.58. The molecule has 1 aromatic carbocycles. The summed E-state index contributed by atoms with van der Waals surface area (Å²) in [7, 11) is 0. The molecule has 0 spiro atoms. The predicted molar refractivity (Wildman–Crippen MR) is 85.4 cm³/mol. The van der Waals surface area contributed by atoms with E-state index in [0.717, 1.165) is 25.4 Å². The van der Waals surface area contributed by atoms with Crippen LogP contribution in [-0.2, 0) is 13.0 Å². The normalized spacial score (nSPS) is 11.2. The van der Waals surface area contributed by atoms with Crippen molar-refractivity contribution in [3.05, 3.63) is 35.4 Å². The molecule has 1 heteroatoms. The van der Waals surface area contributed by atoms with Gasteiger partial charge in [0.2, 0.25) is 0 Å². The van der Waals surface area contributed by atoms with Crippen LogP contribution in [0.2, 0.25) is 0 Å². The van der Waals surface area contributed by atoms with Crippen LogP contribution in [0.25, 0.3) is 0 Å². The van der Waals surface area contributed by atoms with E-state index >= 15 is 0 Å². The van der Waals surface area contributed by atoms with Gasteiger partial charge >= 0.3 is 0 Å². The Bertz CT molecular complexity index is 330. The Kier molecular flexibility index (Phi) is 8.57. The molecule has 19 heavy (non-hydrogen) atoms. The van der Waals surface area contributed by atoms with E-state index < -0.39 is 0 Å². The number of unbranched alkanes of at least 4 members (excludes halogenated alkanes) is 3. The number of nitrogens with one attached hydrogen (secondary N) is 1. The number of hydrogen-bond donors (Lipinski definition) is 1. The first-order valence-corrected chi connectivity index (χ1v) is 8.01. The van der Waals surface area contributed by atoms with Crippen molar-refractivity contribution in [2.24, 2.45) is 5.92 Å². The van der Waals surface area contributed by atoms with Gasteiger partial charge in [-0.05, 0) is 36.4 Å². The van der Waals surface area contributed by atoms with Gasteiger partial charge < -0.3 is 5.32 Å². The van der Waals surface area contributed by atoms with Crippen molar-refractivity contribution in [2.45, 2.75) is 65.8 Å².